The summed E-state index contributed by atoms with van der Waals surface area (Å²) in [5, 5.41) is 0. The van der Waals surface area contributed by atoms with E-state index in [1.54, 1.807) is 0 Å². The van der Waals surface area contributed by atoms with Crippen molar-refractivity contribution in [3.63, 3.8) is 0 Å². The van der Waals surface area contributed by atoms with Gasteiger partial charge in [0.15, 0.2) is 0 Å². The quantitative estimate of drug-likeness (QED) is 0.512. The molecule has 24 heavy (non-hydrogen) atoms. The standard InChI is InChI=1S/C10H14.C8H17NO.2C2H6/c1-2-3-7-10-8-5-4-6-9-10;1-4-5-6-9(3)8(2)7-10;2*1-2/h4-6,8-9H,2-3,7H2,1H3;7-8H,4-6H2,1-3H3;2*1-2H3. The van der Waals surface area contributed by atoms with Crippen molar-refractivity contribution >= 4 is 6.29 Å². The summed E-state index contributed by atoms with van der Waals surface area (Å²) >= 11 is 0. The van der Waals surface area contributed by atoms with Crippen LogP contribution in [0.3, 0.4) is 0 Å². The molecule has 0 heterocycles. The number of hydrogen-bond donors (Lipinski definition) is 0. The topological polar surface area (TPSA) is 20.3 Å². The minimum Gasteiger partial charge on any atom is -0.302 e. The van der Waals surface area contributed by atoms with E-state index in [0.29, 0.717) is 0 Å². The normalized spacial score (nSPS) is 10.2. The molecule has 0 aliphatic rings. The van der Waals surface area contributed by atoms with Crippen molar-refractivity contribution < 1.29 is 4.79 Å². The molecule has 1 aromatic rings. The first-order chi connectivity index (χ1) is 11.7. The molecule has 1 atom stereocenters. The van der Waals surface area contributed by atoms with Gasteiger partial charge < -0.3 is 4.79 Å². The monoisotopic (exact) mass is 337 g/mol. The Labute approximate surface area is 152 Å². The summed E-state index contributed by atoms with van der Waals surface area (Å²) in [6.07, 6.45) is 7.18. The van der Waals surface area contributed by atoms with Gasteiger partial charge in [0.25, 0.3) is 0 Å². The minimum absolute atomic E-state index is 0.0755. The van der Waals surface area contributed by atoms with Gasteiger partial charge in [0.2, 0.25) is 0 Å². The minimum atomic E-state index is 0.0755. The van der Waals surface area contributed by atoms with Gasteiger partial charge in [0.1, 0.15) is 6.29 Å². The third-order valence-electron chi connectivity index (χ3n) is 3.42. The van der Waals surface area contributed by atoms with Crippen molar-refractivity contribution in [2.24, 2.45) is 0 Å². The Balaban J connectivity index is -0.000000304. The van der Waals surface area contributed by atoms with Crippen molar-refractivity contribution in [2.45, 2.75) is 86.6 Å². The van der Waals surface area contributed by atoms with Crippen LogP contribution in [0.15, 0.2) is 30.3 Å². The molecule has 0 aliphatic carbocycles. The number of rotatable bonds is 8. The highest BCUT2D eigenvalue weighted by Gasteiger charge is 2.04. The van der Waals surface area contributed by atoms with E-state index < -0.39 is 0 Å². The molecule has 0 saturated carbocycles. The van der Waals surface area contributed by atoms with Crippen LogP contribution in [0.25, 0.3) is 0 Å². The van der Waals surface area contributed by atoms with Gasteiger partial charge in [-0.1, -0.05) is 84.7 Å². The number of carbonyl (C=O) groups excluding carboxylic acids is 1. The van der Waals surface area contributed by atoms with Crippen LogP contribution in [0.2, 0.25) is 0 Å². The highest BCUT2D eigenvalue weighted by atomic mass is 16.1. The summed E-state index contributed by atoms with van der Waals surface area (Å²) in [6.45, 7) is 15.3. The summed E-state index contributed by atoms with van der Waals surface area (Å²) in [5.41, 5.74) is 1.46. The number of nitrogens with zero attached hydrogens (tertiary/aromatic N) is 1. The van der Waals surface area contributed by atoms with Gasteiger partial charge in [0.05, 0.1) is 6.04 Å². The lowest BCUT2D eigenvalue weighted by Gasteiger charge is -2.18. The molecule has 142 valence electrons. The van der Waals surface area contributed by atoms with E-state index >= 15 is 0 Å². The number of unbranched alkanes of at least 4 members (excludes halogenated alkanes) is 2. The summed E-state index contributed by atoms with van der Waals surface area (Å²) in [7, 11) is 1.98. The Kier molecular flexibility index (Phi) is 27.8. The van der Waals surface area contributed by atoms with E-state index in [2.05, 4.69) is 49.1 Å². The van der Waals surface area contributed by atoms with Gasteiger partial charge in [-0.2, -0.15) is 0 Å². The smallest absolute Gasteiger partial charge is 0.136 e. The lowest BCUT2D eigenvalue weighted by molar-refractivity contribution is -0.111. The number of carbonyl (C=O) groups is 1. The molecule has 0 aromatic heterocycles. The van der Waals surface area contributed by atoms with Crippen LogP contribution in [0.4, 0.5) is 0 Å². The number of aldehydes is 1. The molecule has 0 spiro atoms. The van der Waals surface area contributed by atoms with Crippen LogP contribution < -0.4 is 0 Å². The molecule has 0 saturated heterocycles. The molecule has 1 rings (SSSR count). The maximum atomic E-state index is 10.3. The maximum absolute atomic E-state index is 10.3. The zero-order valence-corrected chi connectivity index (χ0v) is 17.6. The van der Waals surface area contributed by atoms with Crippen LogP contribution in [0, 0.1) is 0 Å². The predicted molar refractivity (Wildman–Crippen MR) is 111 cm³/mol. The Morgan fingerprint density at radius 1 is 0.958 bits per heavy atom. The first-order valence-electron chi connectivity index (χ1n) is 9.85. The molecule has 0 bridgehead atoms. The third-order valence-corrected chi connectivity index (χ3v) is 3.42. The Hall–Kier alpha value is -1.15. The SMILES string of the molecule is CC.CC.CCCCN(C)C(C)C=O.CCCCc1ccccc1. The van der Waals surface area contributed by atoms with E-state index in [9.17, 15) is 4.79 Å². The fourth-order valence-electron chi connectivity index (χ4n) is 1.74. The van der Waals surface area contributed by atoms with Crippen LogP contribution in [0.5, 0.6) is 0 Å². The van der Waals surface area contributed by atoms with Crippen molar-refractivity contribution in [3.8, 4) is 0 Å². The summed E-state index contributed by atoms with van der Waals surface area (Å²) in [6, 6.07) is 10.7. The van der Waals surface area contributed by atoms with Gasteiger partial charge in [0, 0.05) is 0 Å². The first kappa shape index (κ1) is 27.7. The van der Waals surface area contributed by atoms with Crippen molar-refractivity contribution in [1.82, 2.24) is 4.90 Å². The second-order valence-electron chi connectivity index (χ2n) is 5.30. The van der Waals surface area contributed by atoms with Crippen molar-refractivity contribution in [2.75, 3.05) is 13.6 Å². The number of aryl methyl sites for hydroxylation is 1. The largest absolute Gasteiger partial charge is 0.302 e. The van der Waals surface area contributed by atoms with E-state index in [1.165, 1.54) is 37.7 Å². The van der Waals surface area contributed by atoms with Gasteiger partial charge in [-0.3, -0.25) is 4.90 Å². The van der Waals surface area contributed by atoms with Gasteiger partial charge in [-0.15, -0.1) is 0 Å². The molecule has 0 radical (unpaired) electrons. The average Bonchev–Trinajstić information content (AvgIpc) is 2.68. The fourth-order valence-corrected chi connectivity index (χ4v) is 1.74. The number of hydrogen-bond acceptors (Lipinski definition) is 2. The molecular weight excluding hydrogens is 294 g/mol. The number of benzene rings is 1. The molecule has 0 N–H and O–H groups in total. The summed E-state index contributed by atoms with van der Waals surface area (Å²) < 4.78 is 0. The molecule has 2 nitrogen and oxygen atoms in total. The van der Waals surface area contributed by atoms with Crippen LogP contribution in [-0.2, 0) is 11.2 Å². The summed E-state index contributed by atoms with van der Waals surface area (Å²) in [4.78, 5) is 12.3. The lowest BCUT2D eigenvalue weighted by Crippen LogP contribution is -2.30. The highest BCUT2D eigenvalue weighted by molar-refractivity contribution is 5.56. The zero-order chi connectivity index (χ0) is 19.2. The second-order valence-corrected chi connectivity index (χ2v) is 5.30. The van der Waals surface area contributed by atoms with Gasteiger partial charge in [-0.25, -0.2) is 0 Å². The molecule has 0 fully saturated rings. The summed E-state index contributed by atoms with van der Waals surface area (Å²) in [5.74, 6) is 0. The highest BCUT2D eigenvalue weighted by Crippen LogP contribution is 2.03. The van der Waals surface area contributed by atoms with Gasteiger partial charge >= 0.3 is 0 Å². The second kappa shape index (κ2) is 24.1. The van der Waals surface area contributed by atoms with E-state index in [1.807, 2.05) is 41.7 Å². The molecular formula is C22H43NO. The van der Waals surface area contributed by atoms with E-state index in [-0.39, 0.29) is 6.04 Å². The van der Waals surface area contributed by atoms with Crippen LogP contribution >= 0.6 is 0 Å². The van der Waals surface area contributed by atoms with Crippen molar-refractivity contribution in [1.29, 1.82) is 0 Å². The van der Waals surface area contributed by atoms with E-state index in [0.717, 1.165) is 12.8 Å². The molecule has 2 heteroatoms. The zero-order valence-electron chi connectivity index (χ0n) is 17.6. The van der Waals surface area contributed by atoms with Crippen LogP contribution in [0.1, 0.15) is 79.7 Å². The van der Waals surface area contributed by atoms with Gasteiger partial charge in [-0.05, 0) is 45.3 Å². The van der Waals surface area contributed by atoms with Crippen molar-refractivity contribution in [3.05, 3.63) is 35.9 Å². The Bertz CT molecular complexity index is 324. The van der Waals surface area contributed by atoms with Crippen LogP contribution in [-0.4, -0.2) is 30.8 Å². The first-order valence-corrected chi connectivity index (χ1v) is 9.85. The Morgan fingerprint density at radius 2 is 1.46 bits per heavy atom. The van der Waals surface area contributed by atoms with E-state index in [4.69, 9.17) is 0 Å². The molecule has 0 amide bonds. The third kappa shape index (κ3) is 18.9. The lowest BCUT2D eigenvalue weighted by atomic mass is 10.1. The average molecular weight is 338 g/mol. The molecule has 1 aromatic carbocycles. The molecule has 1 unspecified atom stereocenters. The maximum Gasteiger partial charge on any atom is 0.136 e. The predicted octanol–water partition coefficient (Wildman–Crippen LogP) is 6.39. The fraction of sp³-hybridized carbons (Fsp3) is 0.682. The molecule has 0 aliphatic heterocycles. The number of likely N-dealkylation sites (N-methyl/N-ethyl adjacent to an activating group) is 1. The Morgan fingerprint density at radius 3 is 1.88 bits per heavy atom.